The molecule has 0 fully saturated rings. The molecule has 0 aliphatic heterocycles. The van der Waals surface area contributed by atoms with Crippen LogP contribution in [0.3, 0.4) is 0 Å². The van der Waals surface area contributed by atoms with E-state index in [-0.39, 0.29) is 12.5 Å². The van der Waals surface area contributed by atoms with Gasteiger partial charge in [0.15, 0.2) is 0 Å². The van der Waals surface area contributed by atoms with E-state index in [1.54, 1.807) is 18.3 Å². The first-order valence-corrected chi connectivity index (χ1v) is 6.21. The summed E-state index contributed by atoms with van der Waals surface area (Å²) in [5, 5.41) is 6.57. The van der Waals surface area contributed by atoms with Crippen molar-refractivity contribution in [2.75, 3.05) is 12.4 Å². The van der Waals surface area contributed by atoms with Crippen LogP contribution < -0.4 is 5.32 Å². The number of furan rings is 1. The van der Waals surface area contributed by atoms with Gasteiger partial charge in [-0.05, 0) is 25.1 Å². The third kappa shape index (κ3) is 4.34. The van der Waals surface area contributed by atoms with Crippen molar-refractivity contribution in [1.29, 1.82) is 0 Å². The molecule has 21 heavy (non-hydrogen) atoms. The Hall–Kier alpha value is -2.83. The van der Waals surface area contributed by atoms with E-state index >= 15 is 0 Å². The van der Waals surface area contributed by atoms with Gasteiger partial charge < -0.3 is 14.5 Å². The maximum Gasteiger partial charge on any atom is 0.327 e. The molecule has 1 amide bonds. The van der Waals surface area contributed by atoms with Gasteiger partial charge in [-0.25, -0.2) is 0 Å². The number of nitrogens with one attached hydrogen (secondary N) is 1. The Labute approximate surface area is 121 Å². The third-order valence-corrected chi connectivity index (χ3v) is 2.58. The third-order valence-electron chi connectivity index (χ3n) is 2.58. The molecule has 7 heteroatoms. The summed E-state index contributed by atoms with van der Waals surface area (Å²) in [6.07, 6.45) is 5.92. The number of aryl methyl sites for hydroxylation is 1. The Morgan fingerprint density at radius 3 is 2.95 bits per heavy atom. The predicted molar refractivity (Wildman–Crippen MR) is 75.4 cm³/mol. The molecule has 2 aromatic rings. The Kier molecular flexibility index (Phi) is 4.55. The lowest BCUT2D eigenvalue weighted by atomic mass is 10.3. The van der Waals surface area contributed by atoms with Gasteiger partial charge in [-0.2, -0.15) is 5.10 Å². The predicted octanol–water partition coefficient (Wildman–Crippen LogP) is 1.61. The summed E-state index contributed by atoms with van der Waals surface area (Å²) in [5.74, 6) is 0.647. The number of rotatable bonds is 5. The molecule has 0 saturated carbocycles. The first-order valence-electron chi connectivity index (χ1n) is 6.21. The van der Waals surface area contributed by atoms with Gasteiger partial charge >= 0.3 is 5.97 Å². The average molecular weight is 289 g/mol. The van der Waals surface area contributed by atoms with Crippen molar-refractivity contribution >= 4 is 23.6 Å². The second-order valence-corrected chi connectivity index (χ2v) is 4.27. The summed E-state index contributed by atoms with van der Waals surface area (Å²) >= 11 is 0. The minimum Gasteiger partial charge on any atom is -0.468 e. The quantitative estimate of drug-likeness (QED) is 0.667. The molecule has 2 aromatic heterocycles. The summed E-state index contributed by atoms with van der Waals surface area (Å²) in [4.78, 5) is 22.8. The van der Waals surface area contributed by atoms with Crippen molar-refractivity contribution in [2.45, 2.75) is 13.5 Å². The number of methoxy groups -OCH3 is 1. The van der Waals surface area contributed by atoms with E-state index in [1.165, 1.54) is 24.1 Å². The molecule has 0 saturated heterocycles. The minimum absolute atomic E-state index is 0.00607. The molecule has 7 nitrogen and oxygen atoms in total. The smallest absolute Gasteiger partial charge is 0.327 e. The van der Waals surface area contributed by atoms with Crippen molar-refractivity contribution in [3.05, 3.63) is 42.1 Å². The van der Waals surface area contributed by atoms with Crippen LogP contribution in [0.1, 0.15) is 11.5 Å². The lowest BCUT2D eigenvalue weighted by Gasteiger charge is -1.98. The summed E-state index contributed by atoms with van der Waals surface area (Å²) in [6, 6.07) is 3.59. The van der Waals surface area contributed by atoms with Crippen LogP contribution in [0.15, 0.2) is 35.0 Å². The number of amides is 1. The Balaban J connectivity index is 1.90. The van der Waals surface area contributed by atoms with Crippen LogP contribution in [-0.4, -0.2) is 28.8 Å². The summed E-state index contributed by atoms with van der Waals surface area (Å²) < 4.78 is 11.2. The average Bonchev–Trinajstić information content (AvgIpc) is 3.05. The molecule has 0 radical (unpaired) electrons. The maximum absolute atomic E-state index is 11.7. The van der Waals surface area contributed by atoms with Crippen molar-refractivity contribution in [1.82, 2.24) is 9.78 Å². The van der Waals surface area contributed by atoms with Gasteiger partial charge in [0, 0.05) is 12.3 Å². The van der Waals surface area contributed by atoms with Crippen LogP contribution in [0.25, 0.3) is 6.08 Å². The van der Waals surface area contributed by atoms with Crippen LogP contribution in [0.2, 0.25) is 0 Å². The molecule has 0 atom stereocenters. The normalized spacial score (nSPS) is 10.8. The lowest BCUT2D eigenvalue weighted by Crippen LogP contribution is -2.11. The molecule has 110 valence electrons. The Bertz CT molecular complexity index is 669. The van der Waals surface area contributed by atoms with Crippen LogP contribution in [-0.2, 0) is 20.9 Å². The number of esters is 1. The maximum atomic E-state index is 11.7. The highest BCUT2D eigenvalue weighted by molar-refractivity contribution is 6.01. The van der Waals surface area contributed by atoms with Gasteiger partial charge in [0.1, 0.15) is 18.1 Å². The number of nitrogens with zero attached hydrogens (tertiary/aromatic N) is 2. The second kappa shape index (κ2) is 6.56. The van der Waals surface area contributed by atoms with Gasteiger partial charge in [-0.3, -0.25) is 14.3 Å². The van der Waals surface area contributed by atoms with E-state index in [0.717, 1.165) is 5.76 Å². The number of carbonyl (C=O) groups excluding carboxylic acids is 2. The molecule has 0 unspecified atom stereocenters. The fourth-order valence-electron chi connectivity index (χ4n) is 1.60. The molecule has 0 aliphatic carbocycles. The molecular formula is C14H15N3O4. The van der Waals surface area contributed by atoms with E-state index in [1.807, 2.05) is 13.0 Å². The van der Waals surface area contributed by atoms with E-state index in [2.05, 4.69) is 15.2 Å². The highest BCUT2D eigenvalue weighted by Gasteiger charge is 2.05. The van der Waals surface area contributed by atoms with Gasteiger partial charge in [-0.15, -0.1) is 0 Å². The molecule has 2 rings (SSSR count). The second-order valence-electron chi connectivity index (χ2n) is 4.27. The first kappa shape index (κ1) is 14.6. The van der Waals surface area contributed by atoms with Crippen LogP contribution in [0.5, 0.6) is 0 Å². The summed E-state index contributed by atoms with van der Waals surface area (Å²) in [7, 11) is 1.30. The zero-order valence-corrected chi connectivity index (χ0v) is 11.7. The van der Waals surface area contributed by atoms with E-state index in [9.17, 15) is 9.59 Å². The molecule has 1 N–H and O–H groups in total. The SMILES string of the molecule is COC(=O)Cn1cc(NC(=O)/C=C/c2ccc(C)o2)cn1. The van der Waals surface area contributed by atoms with Gasteiger partial charge in [-0.1, -0.05) is 0 Å². The topological polar surface area (TPSA) is 86.4 Å². The fraction of sp³-hybridized carbons (Fsp3) is 0.214. The molecule has 0 bridgehead atoms. The van der Waals surface area contributed by atoms with Crippen LogP contribution in [0, 0.1) is 6.92 Å². The van der Waals surface area contributed by atoms with E-state index < -0.39 is 5.97 Å². The minimum atomic E-state index is -0.413. The van der Waals surface area contributed by atoms with Crippen LogP contribution in [0.4, 0.5) is 5.69 Å². The fourth-order valence-corrected chi connectivity index (χ4v) is 1.60. The monoisotopic (exact) mass is 289 g/mol. The van der Waals surface area contributed by atoms with Crippen molar-refractivity contribution in [3.8, 4) is 0 Å². The summed E-state index contributed by atoms with van der Waals surface area (Å²) in [6.45, 7) is 1.82. The molecule has 0 aliphatic rings. The molecule has 2 heterocycles. The molecule has 0 spiro atoms. The summed E-state index contributed by atoms with van der Waals surface area (Å²) in [5.41, 5.74) is 0.490. The van der Waals surface area contributed by atoms with Crippen molar-refractivity contribution in [3.63, 3.8) is 0 Å². The van der Waals surface area contributed by atoms with Gasteiger partial charge in [0.2, 0.25) is 5.91 Å². The standard InChI is InChI=1S/C14H15N3O4/c1-10-3-4-12(21-10)5-6-13(18)16-11-7-15-17(8-11)9-14(19)20-2/h3-8H,9H2,1-2H3,(H,16,18)/b6-5+. The van der Waals surface area contributed by atoms with Crippen LogP contribution >= 0.6 is 0 Å². The molecule has 0 aromatic carbocycles. The van der Waals surface area contributed by atoms with Crippen molar-refractivity contribution in [2.24, 2.45) is 0 Å². The Morgan fingerprint density at radius 1 is 1.48 bits per heavy atom. The highest BCUT2D eigenvalue weighted by atomic mass is 16.5. The van der Waals surface area contributed by atoms with E-state index in [0.29, 0.717) is 11.4 Å². The first-order chi connectivity index (χ1) is 10.1. The van der Waals surface area contributed by atoms with Gasteiger partial charge in [0.05, 0.1) is 19.0 Å². The Morgan fingerprint density at radius 2 is 2.29 bits per heavy atom. The molecular weight excluding hydrogens is 274 g/mol. The number of hydrogen-bond donors (Lipinski definition) is 1. The number of ether oxygens (including phenoxy) is 1. The van der Waals surface area contributed by atoms with Crippen molar-refractivity contribution < 1.29 is 18.7 Å². The van der Waals surface area contributed by atoms with Gasteiger partial charge in [0.25, 0.3) is 0 Å². The zero-order chi connectivity index (χ0) is 15.2. The number of carbonyl (C=O) groups is 2. The number of anilines is 1. The highest BCUT2D eigenvalue weighted by Crippen LogP contribution is 2.09. The lowest BCUT2D eigenvalue weighted by molar-refractivity contribution is -0.141. The number of hydrogen-bond acceptors (Lipinski definition) is 5. The zero-order valence-electron chi connectivity index (χ0n) is 11.7. The largest absolute Gasteiger partial charge is 0.468 e. The number of aromatic nitrogens is 2. The van der Waals surface area contributed by atoms with E-state index in [4.69, 9.17) is 4.42 Å².